The Labute approximate surface area is 218 Å². The zero-order valence-corrected chi connectivity index (χ0v) is 21.2. The summed E-state index contributed by atoms with van der Waals surface area (Å²) in [6.45, 7) is 5.75. The van der Waals surface area contributed by atoms with Crippen molar-refractivity contribution in [1.82, 2.24) is 15.2 Å². The van der Waals surface area contributed by atoms with E-state index in [1.165, 1.54) is 0 Å². The van der Waals surface area contributed by atoms with Gasteiger partial charge < -0.3 is 29.6 Å². The zero-order chi connectivity index (χ0) is 25.2. The summed E-state index contributed by atoms with van der Waals surface area (Å²) in [6.07, 6.45) is 0. The van der Waals surface area contributed by atoms with Crippen molar-refractivity contribution in [1.29, 1.82) is 0 Å². The molecule has 2 aromatic heterocycles. The summed E-state index contributed by atoms with van der Waals surface area (Å²) >= 11 is 1.61. The predicted molar refractivity (Wildman–Crippen MR) is 144 cm³/mol. The molecule has 37 heavy (non-hydrogen) atoms. The molecule has 2 aromatic carbocycles. The summed E-state index contributed by atoms with van der Waals surface area (Å²) in [5.74, 6) is -0.0757. The first kappa shape index (κ1) is 23.4. The number of amides is 1. The van der Waals surface area contributed by atoms with Crippen LogP contribution in [0.4, 0.5) is 28.1 Å². The quantitative estimate of drug-likeness (QED) is 0.390. The van der Waals surface area contributed by atoms with Gasteiger partial charge in [-0.05, 0) is 31.2 Å². The van der Waals surface area contributed by atoms with E-state index in [2.05, 4.69) is 35.6 Å². The van der Waals surface area contributed by atoms with Gasteiger partial charge in [-0.1, -0.05) is 35.4 Å². The molecule has 2 aliphatic heterocycles. The molecule has 4 heterocycles. The molecule has 0 radical (unpaired) electrons. The first-order valence-corrected chi connectivity index (χ1v) is 13.1. The molecule has 2 aliphatic rings. The van der Waals surface area contributed by atoms with Crippen LogP contribution in [-0.2, 0) is 9.53 Å². The standard InChI is InChI=1S/C26H27N7O3S/c1-17-28-22(25(37-17)32-11-13-35-14-12-32)24-30-31-26(36-24)27-15-18-16-33(19-7-3-2-4-8-19)21-10-6-5-9-20(21)29-23(18)34/h2-10,18H,11-16H2,1H3,(H,27,31)(H,29,34). The highest BCUT2D eigenvalue weighted by atomic mass is 32.1. The van der Waals surface area contributed by atoms with Crippen LogP contribution in [-0.4, -0.2) is 60.5 Å². The number of hydrogen-bond donors (Lipinski definition) is 2. The van der Waals surface area contributed by atoms with E-state index < -0.39 is 0 Å². The number of morpholine rings is 1. The lowest BCUT2D eigenvalue weighted by Crippen LogP contribution is -2.35. The van der Waals surface area contributed by atoms with E-state index in [-0.39, 0.29) is 17.8 Å². The van der Waals surface area contributed by atoms with Crippen molar-refractivity contribution in [3.05, 3.63) is 59.6 Å². The number of benzene rings is 2. The van der Waals surface area contributed by atoms with Crippen LogP contribution in [0.2, 0.25) is 0 Å². The molecular formula is C26H27N7O3S. The Morgan fingerprint density at radius 1 is 1.08 bits per heavy atom. The van der Waals surface area contributed by atoms with Crippen LogP contribution in [0, 0.1) is 12.8 Å². The summed E-state index contributed by atoms with van der Waals surface area (Å²) in [7, 11) is 0. The van der Waals surface area contributed by atoms with Gasteiger partial charge in [0.2, 0.25) is 5.91 Å². The lowest BCUT2D eigenvalue weighted by Gasteiger charge is -2.27. The van der Waals surface area contributed by atoms with E-state index in [1.54, 1.807) is 11.3 Å². The minimum atomic E-state index is -0.367. The number of thiazole rings is 1. The van der Waals surface area contributed by atoms with Gasteiger partial charge >= 0.3 is 6.01 Å². The topological polar surface area (TPSA) is 109 Å². The predicted octanol–water partition coefficient (Wildman–Crippen LogP) is 4.16. The Hall–Kier alpha value is -3.96. The van der Waals surface area contributed by atoms with Gasteiger partial charge in [0.05, 0.1) is 35.5 Å². The molecule has 1 unspecified atom stereocenters. The first-order valence-electron chi connectivity index (χ1n) is 12.3. The normalized spacial score (nSPS) is 17.8. The molecule has 0 aliphatic carbocycles. The molecule has 0 saturated carbocycles. The van der Waals surface area contributed by atoms with E-state index in [1.807, 2.05) is 61.5 Å². The molecule has 1 amide bonds. The van der Waals surface area contributed by atoms with Crippen LogP contribution < -0.4 is 20.4 Å². The SMILES string of the molecule is Cc1nc(-c2nnc(NCC3CN(c4ccccc4)c4ccccc4NC3=O)o2)c(N2CCOCC2)s1. The summed E-state index contributed by atoms with van der Waals surface area (Å²) in [5.41, 5.74) is 3.45. The van der Waals surface area contributed by atoms with Gasteiger partial charge in [-0.15, -0.1) is 16.4 Å². The molecule has 11 heteroatoms. The minimum Gasteiger partial charge on any atom is -0.402 e. The molecule has 0 spiro atoms. The third kappa shape index (κ3) is 4.87. The van der Waals surface area contributed by atoms with Gasteiger partial charge in [0.1, 0.15) is 5.00 Å². The van der Waals surface area contributed by atoms with Crippen molar-refractivity contribution in [2.24, 2.45) is 5.92 Å². The molecule has 190 valence electrons. The number of aromatic nitrogens is 3. The minimum absolute atomic E-state index is 0.0668. The van der Waals surface area contributed by atoms with E-state index in [0.717, 1.165) is 40.2 Å². The highest BCUT2D eigenvalue weighted by Gasteiger charge is 2.29. The Morgan fingerprint density at radius 2 is 1.86 bits per heavy atom. The number of para-hydroxylation sites is 3. The second kappa shape index (κ2) is 10.2. The summed E-state index contributed by atoms with van der Waals surface area (Å²) in [6, 6.07) is 18.2. The third-order valence-corrected chi connectivity index (χ3v) is 7.47. The van der Waals surface area contributed by atoms with Gasteiger partial charge in [-0.3, -0.25) is 4.79 Å². The van der Waals surface area contributed by atoms with Crippen molar-refractivity contribution >= 4 is 45.3 Å². The second-order valence-electron chi connectivity index (χ2n) is 8.93. The highest BCUT2D eigenvalue weighted by Crippen LogP contribution is 2.37. The fraction of sp³-hybridized carbons (Fsp3) is 0.308. The highest BCUT2D eigenvalue weighted by molar-refractivity contribution is 7.16. The third-order valence-electron chi connectivity index (χ3n) is 6.44. The Balaban J connectivity index is 1.20. The maximum Gasteiger partial charge on any atom is 0.315 e. The largest absolute Gasteiger partial charge is 0.402 e. The number of nitrogens with one attached hydrogen (secondary N) is 2. The van der Waals surface area contributed by atoms with Crippen LogP contribution in [0.15, 0.2) is 59.0 Å². The molecule has 6 rings (SSSR count). The smallest absolute Gasteiger partial charge is 0.315 e. The average Bonchev–Trinajstić information content (AvgIpc) is 3.53. The second-order valence-corrected chi connectivity index (χ2v) is 10.1. The molecule has 1 fully saturated rings. The van der Waals surface area contributed by atoms with E-state index in [4.69, 9.17) is 9.15 Å². The number of aryl methyl sites for hydroxylation is 1. The number of carbonyl (C=O) groups excluding carboxylic acids is 1. The van der Waals surface area contributed by atoms with Crippen LogP contribution in [0.3, 0.4) is 0 Å². The van der Waals surface area contributed by atoms with E-state index in [9.17, 15) is 4.79 Å². The van der Waals surface area contributed by atoms with Crippen molar-refractivity contribution < 1.29 is 13.9 Å². The number of nitrogens with zero attached hydrogens (tertiary/aromatic N) is 5. The molecule has 1 atom stereocenters. The van der Waals surface area contributed by atoms with Gasteiger partial charge in [0.15, 0.2) is 5.69 Å². The number of ether oxygens (including phenoxy) is 1. The Bertz CT molecular complexity index is 1380. The number of rotatable bonds is 6. The fourth-order valence-electron chi connectivity index (χ4n) is 4.60. The van der Waals surface area contributed by atoms with Crippen LogP contribution in [0.1, 0.15) is 5.01 Å². The zero-order valence-electron chi connectivity index (χ0n) is 20.4. The maximum atomic E-state index is 13.2. The average molecular weight is 518 g/mol. The molecule has 4 aromatic rings. The number of carbonyl (C=O) groups is 1. The number of fused-ring (bicyclic) bond motifs is 1. The van der Waals surface area contributed by atoms with Gasteiger partial charge in [0.25, 0.3) is 5.89 Å². The van der Waals surface area contributed by atoms with Crippen LogP contribution in [0.5, 0.6) is 0 Å². The van der Waals surface area contributed by atoms with Gasteiger partial charge in [-0.2, -0.15) is 0 Å². The molecular weight excluding hydrogens is 490 g/mol. The van der Waals surface area contributed by atoms with E-state index in [0.29, 0.717) is 37.9 Å². The lowest BCUT2D eigenvalue weighted by atomic mass is 10.1. The molecule has 2 N–H and O–H groups in total. The van der Waals surface area contributed by atoms with Gasteiger partial charge in [-0.25, -0.2) is 4.98 Å². The van der Waals surface area contributed by atoms with Crippen molar-refractivity contribution in [2.45, 2.75) is 6.92 Å². The van der Waals surface area contributed by atoms with Gasteiger partial charge in [0, 0.05) is 31.9 Å². The van der Waals surface area contributed by atoms with E-state index >= 15 is 0 Å². The first-order chi connectivity index (χ1) is 18.2. The number of hydrogen-bond acceptors (Lipinski definition) is 10. The summed E-state index contributed by atoms with van der Waals surface area (Å²) in [5, 5.41) is 16.6. The fourth-order valence-corrected chi connectivity index (χ4v) is 5.56. The Kier molecular flexibility index (Phi) is 6.46. The molecule has 10 nitrogen and oxygen atoms in total. The number of anilines is 5. The van der Waals surface area contributed by atoms with Crippen molar-refractivity contribution in [3.63, 3.8) is 0 Å². The van der Waals surface area contributed by atoms with Crippen LogP contribution >= 0.6 is 11.3 Å². The monoisotopic (exact) mass is 517 g/mol. The van der Waals surface area contributed by atoms with Crippen molar-refractivity contribution in [3.8, 4) is 11.6 Å². The summed E-state index contributed by atoms with van der Waals surface area (Å²) < 4.78 is 11.4. The lowest BCUT2D eigenvalue weighted by molar-refractivity contribution is -0.119. The van der Waals surface area contributed by atoms with Crippen molar-refractivity contribution in [2.75, 3.05) is 59.8 Å². The van der Waals surface area contributed by atoms with Crippen LogP contribution in [0.25, 0.3) is 11.6 Å². The molecule has 0 bridgehead atoms. The molecule has 1 saturated heterocycles. The Morgan fingerprint density at radius 3 is 2.70 bits per heavy atom. The summed E-state index contributed by atoms with van der Waals surface area (Å²) in [4.78, 5) is 22.2. The maximum absolute atomic E-state index is 13.2.